The van der Waals surface area contributed by atoms with E-state index in [9.17, 15) is 17.7 Å². The molecule has 1 atom stereocenters. The number of hydrogen-bond donors (Lipinski definition) is 0. The molecule has 1 rings (SSSR count). The maximum Gasteiger partial charge on any atom is 1.00 e. The number of hydrogen-bond acceptors (Lipinski definition) is 3. The molecule has 0 N–H and O–H groups in total. The van der Waals surface area contributed by atoms with Crippen LogP contribution in [0.15, 0.2) is 24.3 Å². The van der Waals surface area contributed by atoms with Gasteiger partial charge in [0.2, 0.25) is 0 Å². The first kappa shape index (κ1) is 18.1. The molecular formula is C10H11BF3KO3. The average molecular weight is 286 g/mol. The van der Waals surface area contributed by atoms with E-state index in [1.807, 2.05) is 0 Å². The summed E-state index contributed by atoms with van der Waals surface area (Å²) in [5.41, 5.74) is -0.392. The summed E-state index contributed by atoms with van der Waals surface area (Å²) in [4.78, 5) is 11.3. The van der Waals surface area contributed by atoms with Gasteiger partial charge in [-0.05, 0) is 5.56 Å². The van der Waals surface area contributed by atoms with Crippen LogP contribution in [0.2, 0.25) is 0 Å². The zero-order chi connectivity index (χ0) is 13.1. The molecule has 0 bridgehead atoms. The second-order valence-corrected chi connectivity index (χ2v) is 3.38. The minimum atomic E-state index is -5.03. The molecule has 18 heavy (non-hydrogen) atoms. The quantitative estimate of drug-likeness (QED) is 0.505. The summed E-state index contributed by atoms with van der Waals surface area (Å²) < 4.78 is 46.4. The Bertz CT molecular complexity index is 394. The Morgan fingerprint density at radius 2 is 1.67 bits per heavy atom. The predicted molar refractivity (Wildman–Crippen MR) is 56.9 cm³/mol. The predicted octanol–water partition coefficient (Wildman–Crippen LogP) is -1.39. The smallest absolute Gasteiger partial charge is 0.467 e. The van der Waals surface area contributed by atoms with E-state index in [1.165, 1.54) is 26.4 Å². The van der Waals surface area contributed by atoms with E-state index in [1.54, 1.807) is 0 Å². The molecule has 0 saturated carbocycles. The maximum absolute atomic E-state index is 12.4. The van der Waals surface area contributed by atoms with Crippen LogP contribution in [0.1, 0.15) is 11.7 Å². The molecule has 0 amide bonds. The maximum atomic E-state index is 12.4. The Hall–Kier alpha value is 0.141. The van der Waals surface area contributed by atoms with Gasteiger partial charge in [-0.15, -0.1) is 5.46 Å². The summed E-state index contributed by atoms with van der Waals surface area (Å²) in [6.45, 7) is -5.03. The van der Waals surface area contributed by atoms with Gasteiger partial charge in [0.1, 0.15) is 0 Å². The van der Waals surface area contributed by atoms with Crippen molar-refractivity contribution in [2.75, 3.05) is 14.2 Å². The van der Waals surface area contributed by atoms with Gasteiger partial charge in [-0.1, -0.05) is 24.3 Å². The number of ether oxygens (including phenoxy) is 2. The van der Waals surface area contributed by atoms with Crippen molar-refractivity contribution in [3.8, 4) is 0 Å². The number of carbonyl (C=O) groups excluding carboxylic acids is 1. The monoisotopic (exact) mass is 286 g/mol. The molecule has 0 aliphatic carbocycles. The summed E-state index contributed by atoms with van der Waals surface area (Å²) in [7, 11) is 2.46. The average Bonchev–Trinajstić information content (AvgIpc) is 2.29. The van der Waals surface area contributed by atoms with Crippen LogP contribution < -0.4 is 56.8 Å². The van der Waals surface area contributed by atoms with Crippen LogP contribution in [0, 0.1) is 0 Å². The van der Waals surface area contributed by atoms with E-state index in [0.717, 1.165) is 12.1 Å². The summed E-state index contributed by atoms with van der Waals surface area (Å²) in [5, 5.41) is 0. The molecule has 0 aliphatic rings. The number of halogens is 3. The van der Waals surface area contributed by atoms with Gasteiger partial charge in [0.25, 0.3) is 0 Å². The Kier molecular flexibility index (Phi) is 7.72. The molecule has 1 unspecified atom stereocenters. The SMILES string of the molecule is COC(=O)C(OC)c1ccc([B-](F)(F)F)cc1.[K+]. The molecular weight excluding hydrogens is 275 g/mol. The number of benzene rings is 1. The van der Waals surface area contributed by atoms with Crippen LogP contribution in [-0.4, -0.2) is 27.2 Å². The largest absolute Gasteiger partial charge is 1.00 e. The van der Waals surface area contributed by atoms with Gasteiger partial charge in [-0.3, -0.25) is 0 Å². The Labute approximate surface area is 146 Å². The fourth-order valence-corrected chi connectivity index (χ4v) is 1.36. The van der Waals surface area contributed by atoms with Crippen LogP contribution in [0.25, 0.3) is 0 Å². The zero-order valence-electron chi connectivity index (χ0n) is 10.3. The zero-order valence-corrected chi connectivity index (χ0v) is 13.4. The molecule has 1 aromatic carbocycles. The Balaban J connectivity index is 0.00000289. The molecule has 94 valence electrons. The van der Waals surface area contributed by atoms with Crippen molar-refractivity contribution in [3.63, 3.8) is 0 Å². The molecule has 0 aliphatic heterocycles. The van der Waals surface area contributed by atoms with E-state index in [4.69, 9.17) is 4.74 Å². The third-order valence-corrected chi connectivity index (χ3v) is 2.27. The number of methoxy groups -OCH3 is 2. The third-order valence-electron chi connectivity index (χ3n) is 2.27. The van der Waals surface area contributed by atoms with Gasteiger partial charge in [0, 0.05) is 7.11 Å². The fraction of sp³-hybridized carbons (Fsp3) is 0.300. The Morgan fingerprint density at radius 3 is 2.00 bits per heavy atom. The van der Waals surface area contributed by atoms with Gasteiger partial charge >= 0.3 is 64.3 Å². The van der Waals surface area contributed by atoms with Crippen molar-refractivity contribution >= 4 is 18.4 Å². The summed E-state index contributed by atoms with van der Waals surface area (Å²) in [5.74, 6) is -0.655. The van der Waals surface area contributed by atoms with Crippen LogP contribution in [-0.2, 0) is 14.3 Å². The van der Waals surface area contributed by atoms with Crippen LogP contribution in [0.3, 0.4) is 0 Å². The summed E-state index contributed by atoms with van der Waals surface area (Å²) in [6.07, 6.45) is -1.00. The van der Waals surface area contributed by atoms with Crippen LogP contribution in [0.5, 0.6) is 0 Å². The number of carbonyl (C=O) groups is 1. The first-order chi connectivity index (χ1) is 7.90. The van der Waals surface area contributed by atoms with Gasteiger partial charge in [-0.2, -0.15) is 0 Å². The minimum absolute atomic E-state index is 0. The standard InChI is InChI=1S/C10H11BF3O3.K/c1-16-9(10(15)17-2)7-3-5-8(6-4-7)11(12,13)14;/h3-6,9H,1-2H3;/q-1;+1. The second kappa shape index (κ2) is 7.66. The molecule has 0 spiro atoms. The van der Waals surface area contributed by atoms with Crippen molar-refractivity contribution in [2.45, 2.75) is 6.10 Å². The molecule has 1 aromatic rings. The molecule has 0 saturated heterocycles. The van der Waals surface area contributed by atoms with E-state index < -0.39 is 24.5 Å². The molecule has 0 radical (unpaired) electrons. The third kappa shape index (κ3) is 4.67. The number of rotatable bonds is 4. The van der Waals surface area contributed by atoms with E-state index in [2.05, 4.69) is 4.74 Å². The van der Waals surface area contributed by atoms with Crippen molar-refractivity contribution in [1.29, 1.82) is 0 Å². The van der Waals surface area contributed by atoms with E-state index >= 15 is 0 Å². The molecule has 8 heteroatoms. The second-order valence-electron chi connectivity index (χ2n) is 3.38. The fourth-order valence-electron chi connectivity index (χ4n) is 1.36. The van der Waals surface area contributed by atoms with Crippen LogP contribution in [0.4, 0.5) is 12.9 Å². The topological polar surface area (TPSA) is 35.5 Å². The minimum Gasteiger partial charge on any atom is -0.467 e. The summed E-state index contributed by atoms with van der Waals surface area (Å²) >= 11 is 0. The first-order valence-electron chi connectivity index (χ1n) is 4.80. The molecule has 3 nitrogen and oxygen atoms in total. The van der Waals surface area contributed by atoms with Crippen LogP contribution >= 0.6 is 0 Å². The molecule has 0 fully saturated rings. The summed E-state index contributed by atoms with van der Waals surface area (Å²) in [6, 6.07) is 4.25. The first-order valence-corrected chi connectivity index (χ1v) is 4.80. The van der Waals surface area contributed by atoms with Gasteiger partial charge in [0.15, 0.2) is 6.10 Å². The van der Waals surface area contributed by atoms with E-state index in [0.29, 0.717) is 5.56 Å². The Morgan fingerprint density at radius 1 is 1.17 bits per heavy atom. The van der Waals surface area contributed by atoms with Crippen molar-refractivity contribution < 1.29 is 78.6 Å². The van der Waals surface area contributed by atoms with Crippen molar-refractivity contribution in [3.05, 3.63) is 29.8 Å². The molecule has 0 aromatic heterocycles. The van der Waals surface area contributed by atoms with Gasteiger partial charge in [-0.25, -0.2) is 4.79 Å². The van der Waals surface area contributed by atoms with Crippen molar-refractivity contribution in [1.82, 2.24) is 0 Å². The normalized spacial score (nSPS) is 12.5. The number of esters is 1. The van der Waals surface area contributed by atoms with Crippen molar-refractivity contribution in [2.24, 2.45) is 0 Å². The van der Waals surface area contributed by atoms with Gasteiger partial charge in [0.05, 0.1) is 7.11 Å². The van der Waals surface area contributed by atoms with E-state index in [-0.39, 0.29) is 51.4 Å². The molecule has 0 heterocycles. The van der Waals surface area contributed by atoms with Gasteiger partial charge < -0.3 is 22.4 Å².